The number of pyridine rings is 1. The third-order valence-corrected chi connectivity index (χ3v) is 6.73. The van der Waals surface area contributed by atoms with Crippen molar-refractivity contribution in [2.75, 3.05) is 18.0 Å². The predicted octanol–water partition coefficient (Wildman–Crippen LogP) is 3.12. The molecule has 0 amide bonds. The van der Waals surface area contributed by atoms with Crippen molar-refractivity contribution in [1.82, 2.24) is 4.57 Å². The number of nitrogens with zero attached hydrogens (tertiary/aromatic N) is 2. The third-order valence-electron chi connectivity index (χ3n) is 6.37. The highest BCUT2D eigenvalue weighted by atomic mass is 35.5. The van der Waals surface area contributed by atoms with E-state index in [2.05, 4.69) is 0 Å². The number of hydrogen-bond donors (Lipinski definition) is 2. The van der Waals surface area contributed by atoms with Gasteiger partial charge in [-0.05, 0) is 18.9 Å². The molecular weight excluding hydrogens is 427 g/mol. The smallest absolute Gasteiger partial charge is 0.341 e. The normalized spacial score (nSPS) is 26.6. The van der Waals surface area contributed by atoms with Crippen LogP contribution in [0, 0.1) is 11.2 Å². The first-order valence-corrected chi connectivity index (χ1v) is 9.56. The van der Waals surface area contributed by atoms with E-state index in [0.717, 1.165) is 25.1 Å². The molecule has 3 aliphatic rings. The van der Waals surface area contributed by atoms with Gasteiger partial charge in [0.05, 0.1) is 27.7 Å². The first-order chi connectivity index (χ1) is 13.2. The number of hydrogen-bond acceptors (Lipinski definition) is 4. The van der Waals surface area contributed by atoms with Gasteiger partial charge in [-0.2, -0.15) is 0 Å². The first-order valence-electron chi connectivity index (χ1n) is 9.18. The number of carboxylic acid groups (broad SMARTS) is 1. The van der Waals surface area contributed by atoms with Gasteiger partial charge in [0.1, 0.15) is 17.6 Å². The number of halogens is 4. The Hall–Kier alpha value is -1.90. The van der Waals surface area contributed by atoms with Crippen molar-refractivity contribution < 1.29 is 18.7 Å². The average Bonchev–Trinajstić information content (AvgIpc) is 3.51. The van der Waals surface area contributed by atoms with E-state index in [1.807, 2.05) is 0 Å². The molecule has 156 valence electrons. The summed E-state index contributed by atoms with van der Waals surface area (Å²) in [7, 11) is 0. The molecule has 5 rings (SSSR count). The summed E-state index contributed by atoms with van der Waals surface area (Å²) in [5.41, 5.74) is 5.15. The van der Waals surface area contributed by atoms with Gasteiger partial charge in [-0.3, -0.25) is 4.79 Å². The summed E-state index contributed by atoms with van der Waals surface area (Å²) >= 11 is 6.56. The second-order valence-electron chi connectivity index (χ2n) is 8.17. The molecule has 29 heavy (non-hydrogen) atoms. The van der Waals surface area contributed by atoms with Crippen molar-refractivity contribution in [1.29, 1.82) is 0 Å². The minimum Gasteiger partial charge on any atom is -0.477 e. The van der Waals surface area contributed by atoms with E-state index >= 15 is 4.39 Å². The molecule has 2 aliphatic carbocycles. The SMILES string of the molecule is Cl.N[C@@H]1CN(c2c(F)cc3c(=O)c(C(=O)O)cn([C@@H]4C[C@H]4F)c3c2Cl)CC12CC2. The molecule has 1 aliphatic heterocycles. The molecule has 2 saturated carbocycles. The zero-order valence-corrected chi connectivity index (χ0v) is 16.8. The fraction of sp³-hybridized carbons (Fsp3) is 0.474. The van der Waals surface area contributed by atoms with Crippen molar-refractivity contribution in [3.05, 3.63) is 38.9 Å². The molecule has 3 fully saturated rings. The second-order valence-corrected chi connectivity index (χ2v) is 8.55. The maximum atomic E-state index is 15.0. The molecule has 10 heteroatoms. The Kier molecular flexibility index (Phi) is 4.60. The van der Waals surface area contributed by atoms with Crippen LogP contribution >= 0.6 is 24.0 Å². The minimum atomic E-state index is -1.45. The van der Waals surface area contributed by atoms with Gasteiger partial charge >= 0.3 is 5.97 Å². The number of carbonyl (C=O) groups is 1. The quantitative estimate of drug-likeness (QED) is 0.757. The maximum Gasteiger partial charge on any atom is 0.341 e. The minimum absolute atomic E-state index is 0. The molecule has 2 heterocycles. The van der Waals surface area contributed by atoms with Crippen LogP contribution in [0.5, 0.6) is 0 Å². The molecule has 3 N–H and O–H groups in total. The first kappa shape index (κ1) is 20.4. The summed E-state index contributed by atoms with van der Waals surface area (Å²) in [4.78, 5) is 25.8. The van der Waals surface area contributed by atoms with E-state index in [9.17, 15) is 19.1 Å². The molecule has 3 atom stereocenters. The lowest BCUT2D eigenvalue weighted by Gasteiger charge is -2.23. The molecule has 1 saturated heterocycles. The van der Waals surface area contributed by atoms with Gasteiger partial charge in [-0.1, -0.05) is 11.6 Å². The van der Waals surface area contributed by atoms with E-state index in [0.29, 0.717) is 13.1 Å². The number of benzene rings is 1. The number of carboxylic acids is 1. The lowest BCUT2D eigenvalue weighted by atomic mass is 10.0. The monoisotopic (exact) mass is 445 g/mol. The maximum absolute atomic E-state index is 15.0. The van der Waals surface area contributed by atoms with Crippen LogP contribution in [0.25, 0.3) is 10.9 Å². The Morgan fingerprint density at radius 3 is 2.55 bits per heavy atom. The lowest BCUT2D eigenvalue weighted by Crippen LogP contribution is -2.30. The van der Waals surface area contributed by atoms with E-state index in [1.54, 1.807) is 4.90 Å². The van der Waals surface area contributed by atoms with E-state index < -0.39 is 35.0 Å². The Morgan fingerprint density at radius 1 is 1.38 bits per heavy atom. The van der Waals surface area contributed by atoms with Gasteiger partial charge in [0, 0.05) is 37.2 Å². The van der Waals surface area contributed by atoms with Crippen molar-refractivity contribution in [3.63, 3.8) is 0 Å². The Bertz CT molecular complexity index is 1100. The van der Waals surface area contributed by atoms with E-state index in [1.165, 1.54) is 4.57 Å². The van der Waals surface area contributed by atoms with Gasteiger partial charge in [0.15, 0.2) is 0 Å². The van der Waals surface area contributed by atoms with Crippen LogP contribution in [0.3, 0.4) is 0 Å². The second kappa shape index (κ2) is 6.55. The zero-order valence-electron chi connectivity index (χ0n) is 15.2. The van der Waals surface area contributed by atoms with Crippen LogP contribution in [0.2, 0.25) is 5.02 Å². The molecule has 6 nitrogen and oxygen atoms in total. The highest BCUT2D eigenvalue weighted by Crippen LogP contribution is 2.54. The molecular formula is C19H19Cl2F2N3O3. The summed E-state index contributed by atoms with van der Waals surface area (Å²) in [5.74, 6) is -2.15. The standard InChI is InChI=1S/C19H18ClF2N3O3.ClH/c20-14-15-8(17(26)9(18(27)28)5-25(15)12-4-10(12)21)3-11(22)16(14)24-6-13(23)19(7-24)1-2-19;/h3,5,10,12-13H,1-2,4,6-7,23H2,(H,27,28);1H/t10-,12-,13-;/m1./s1. The van der Waals surface area contributed by atoms with Gasteiger partial charge < -0.3 is 20.3 Å². The van der Waals surface area contributed by atoms with E-state index in [4.69, 9.17) is 17.3 Å². The van der Waals surface area contributed by atoms with Crippen molar-refractivity contribution in [2.24, 2.45) is 11.1 Å². The van der Waals surface area contributed by atoms with Crippen LogP contribution in [-0.4, -0.2) is 40.9 Å². The molecule has 1 spiro atoms. The average molecular weight is 446 g/mol. The molecule has 0 unspecified atom stereocenters. The fourth-order valence-corrected chi connectivity index (χ4v) is 4.84. The largest absolute Gasteiger partial charge is 0.477 e. The lowest BCUT2D eigenvalue weighted by molar-refractivity contribution is 0.0694. The number of rotatable bonds is 3. The summed E-state index contributed by atoms with van der Waals surface area (Å²) in [6, 6.07) is 0.308. The molecule has 1 aromatic carbocycles. The summed E-state index contributed by atoms with van der Waals surface area (Å²) in [5, 5.41) is 9.16. The fourth-order valence-electron chi connectivity index (χ4n) is 4.43. The Morgan fingerprint density at radius 2 is 2.03 bits per heavy atom. The molecule has 1 aromatic heterocycles. The number of nitrogens with two attached hydrogens (primary N) is 1. The highest BCUT2D eigenvalue weighted by molar-refractivity contribution is 6.38. The van der Waals surface area contributed by atoms with Gasteiger partial charge in [-0.25, -0.2) is 13.6 Å². The number of anilines is 1. The number of alkyl halides is 1. The number of fused-ring (bicyclic) bond motifs is 1. The van der Waals surface area contributed by atoms with Crippen LogP contribution in [0.15, 0.2) is 17.1 Å². The van der Waals surface area contributed by atoms with Crippen molar-refractivity contribution in [2.45, 2.75) is 37.5 Å². The van der Waals surface area contributed by atoms with E-state index in [-0.39, 0.29) is 51.9 Å². The molecule has 0 bridgehead atoms. The summed E-state index contributed by atoms with van der Waals surface area (Å²) < 4.78 is 30.2. The van der Waals surface area contributed by atoms with Crippen molar-refractivity contribution >= 4 is 46.6 Å². The topological polar surface area (TPSA) is 88.6 Å². The highest BCUT2D eigenvalue weighted by Gasteiger charge is 2.54. The van der Waals surface area contributed by atoms with Gasteiger partial charge in [0.2, 0.25) is 5.43 Å². The van der Waals surface area contributed by atoms with Crippen LogP contribution in [0.1, 0.15) is 35.7 Å². The Balaban J connectivity index is 0.00000205. The van der Waals surface area contributed by atoms with Crippen LogP contribution in [-0.2, 0) is 0 Å². The number of aromatic carboxylic acids is 1. The van der Waals surface area contributed by atoms with Crippen LogP contribution in [0.4, 0.5) is 14.5 Å². The Labute approximate surface area is 175 Å². The third kappa shape index (κ3) is 2.92. The van der Waals surface area contributed by atoms with Gasteiger partial charge in [-0.15, -0.1) is 12.4 Å². The van der Waals surface area contributed by atoms with Crippen LogP contribution < -0.4 is 16.1 Å². The summed E-state index contributed by atoms with van der Waals surface area (Å²) in [6.45, 7) is 1.01. The van der Waals surface area contributed by atoms with Gasteiger partial charge in [0.25, 0.3) is 0 Å². The van der Waals surface area contributed by atoms with Crippen molar-refractivity contribution in [3.8, 4) is 0 Å². The summed E-state index contributed by atoms with van der Waals surface area (Å²) in [6.07, 6.45) is 2.11. The molecule has 0 radical (unpaired) electrons. The number of aromatic nitrogens is 1. The predicted molar refractivity (Wildman–Crippen MR) is 108 cm³/mol. The zero-order chi connectivity index (χ0) is 20.0. The molecule has 2 aromatic rings.